The van der Waals surface area contributed by atoms with Gasteiger partial charge in [-0.1, -0.05) is 18.2 Å². The maximum atomic E-state index is 11.2. The molecule has 1 aliphatic heterocycles. The number of fused-ring (bicyclic) bond motifs is 1. The largest absolute Gasteiger partial charge is 0.315 e. The number of nitrogens with one attached hydrogen (secondary N) is 1. The van der Waals surface area contributed by atoms with Crippen molar-refractivity contribution in [1.82, 2.24) is 19.6 Å². The van der Waals surface area contributed by atoms with Crippen LogP contribution in [0, 0.1) is 17.0 Å². The highest BCUT2D eigenvalue weighted by atomic mass is 16.6. The Labute approximate surface area is 157 Å². The Morgan fingerprint density at radius 3 is 2.96 bits per heavy atom. The molecule has 1 saturated heterocycles. The van der Waals surface area contributed by atoms with Gasteiger partial charge >= 0.3 is 0 Å². The second kappa shape index (κ2) is 7.46. The first-order valence-electron chi connectivity index (χ1n) is 9.28. The van der Waals surface area contributed by atoms with Crippen LogP contribution < -0.4 is 5.32 Å². The van der Waals surface area contributed by atoms with Crippen LogP contribution in [-0.4, -0.2) is 45.4 Å². The van der Waals surface area contributed by atoms with Gasteiger partial charge in [-0.15, -0.1) is 0 Å². The van der Waals surface area contributed by atoms with Crippen molar-refractivity contribution in [3.05, 3.63) is 64.0 Å². The molecule has 0 saturated carbocycles. The van der Waals surface area contributed by atoms with Gasteiger partial charge in [0.1, 0.15) is 5.65 Å². The fourth-order valence-electron chi connectivity index (χ4n) is 3.67. The Hall–Kier alpha value is -2.77. The third-order valence-electron chi connectivity index (χ3n) is 5.08. The van der Waals surface area contributed by atoms with E-state index in [1.165, 1.54) is 6.07 Å². The second-order valence-corrected chi connectivity index (χ2v) is 6.98. The van der Waals surface area contributed by atoms with Gasteiger partial charge in [-0.05, 0) is 38.1 Å². The summed E-state index contributed by atoms with van der Waals surface area (Å²) in [5.74, 6) is 0. The number of pyridine rings is 1. The van der Waals surface area contributed by atoms with Crippen molar-refractivity contribution >= 4 is 11.3 Å². The molecule has 4 rings (SSSR count). The first kappa shape index (κ1) is 17.6. The summed E-state index contributed by atoms with van der Waals surface area (Å²) >= 11 is 0. The highest BCUT2D eigenvalue weighted by Gasteiger charge is 2.20. The standard InChI is InChI=1S/C20H23N5O2/c1-15-5-3-11-24-18(14-23-10-4-8-21-9-12-23)19(22-20(15)24)16-6-2-7-17(13-16)25(26)27/h2-3,5-7,11,13,21H,4,8-10,12,14H2,1H3. The molecule has 0 aliphatic carbocycles. The molecule has 7 nitrogen and oxygen atoms in total. The zero-order valence-corrected chi connectivity index (χ0v) is 15.4. The van der Waals surface area contributed by atoms with E-state index in [-0.39, 0.29) is 10.6 Å². The number of aromatic nitrogens is 2. The summed E-state index contributed by atoms with van der Waals surface area (Å²) in [5.41, 5.74) is 4.78. The van der Waals surface area contributed by atoms with Crippen LogP contribution in [0.5, 0.6) is 0 Å². The Morgan fingerprint density at radius 1 is 1.22 bits per heavy atom. The Morgan fingerprint density at radius 2 is 2.11 bits per heavy atom. The van der Waals surface area contributed by atoms with Crippen LogP contribution in [0.25, 0.3) is 16.9 Å². The molecule has 3 heterocycles. The topological polar surface area (TPSA) is 75.7 Å². The van der Waals surface area contributed by atoms with Crippen LogP contribution in [-0.2, 0) is 6.54 Å². The Kier molecular flexibility index (Phi) is 4.87. The molecule has 1 fully saturated rings. The van der Waals surface area contributed by atoms with Crippen LogP contribution in [0.4, 0.5) is 5.69 Å². The summed E-state index contributed by atoms with van der Waals surface area (Å²) in [7, 11) is 0. The van der Waals surface area contributed by atoms with Gasteiger partial charge in [0.2, 0.25) is 0 Å². The van der Waals surface area contributed by atoms with Crippen molar-refractivity contribution in [1.29, 1.82) is 0 Å². The van der Waals surface area contributed by atoms with Crippen LogP contribution in [0.3, 0.4) is 0 Å². The molecule has 3 aromatic rings. The SMILES string of the molecule is Cc1cccn2c(CN3CCCNCC3)c(-c3cccc([N+](=O)[O-])c3)nc12. The van der Waals surface area contributed by atoms with E-state index in [2.05, 4.69) is 14.6 Å². The zero-order valence-electron chi connectivity index (χ0n) is 15.4. The molecule has 1 aliphatic rings. The van der Waals surface area contributed by atoms with Crippen LogP contribution in [0.2, 0.25) is 0 Å². The van der Waals surface area contributed by atoms with Gasteiger partial charge in [0.15, 0.2) is 0 Å². The molecule has 2 aromatic heterocycles. The lowest BCUT2D eigenvalue weighted by atomic mass is 10.1. The van der Waals surface area contributed by atoms with E-state index >= 15 is 0 Å². The van der Waals surface area contributed by atoms with E-state index in [0.29, 0.717) is 0 Å². The summed E-state index contributed by atoms with van der Waals surface area (Å²) in [6.07, 6.45) is 3.14. The van der Waals surface area contributed by atoms with Gasteiger partial charge in [0.25, 0.3) is 5.69 Å². The molecule has 27 heavy (non-hydrogen) atoms. The first-order chi connectivity index (χ1) is 13.1. The number of aryl methyl sites for hydroxylation is 1. The molecular weight excluding hydrogens is 342 g/mol. The van der Waals surface area contributed by atoms with Gasteiger partial charge in [0.05, 0.1) is 16.3 Å². The quantitative estimate of drug-likeness (QED) is 0.568. The lowest BCUT2D eigenvalue weighted by Crippen LogP contribution is -2.28. The van der Waals surface area contributed by atoms with E-state index in [4.69, 9.17) is 4.98 Å². The third-order valence-corrected chi connectivity index (χ3v) is 5.08. The fraction of sp³-hybridized carbons (Fsp3) is 0.350. The zero-order chi connectivity index (χ0) is 18.8. The number of hydrogen-bond donors (Lipinski definition) is 1. The van der Waals surface area contributed by atoms with Crippen molar-refractivity contribution in [2.24, 2.45) is 0 Å². The van der Waals surface area contributed by atoms with Crippen LogP contribution in [0.1, 0.15) is 17.7 Å². The van der Waals surface area contributed by atoms with Crippen molar-refractivity contribution < 1.29 is 4.92 Å². The minimum absolute atomic E-state index is 0.0891. The highest BCUT2D eigenvalue weighted by Crippen LogP contribution is 2.29. The third kappa shape index (κ3) is 3.56. The van der Waals surface area contributed by atoms with Crippen molar-refractivity contribution in [2.45, 2.75) is 19.9 Å². The van der Waals surface area contributed by atoms with Crippen LogP contribution >= 0.6 is 0 Å². The average Bonchev–Trinajstić information content (AvgIpc) is 2.85. The normalized spacial score (nSPS) is 15.7. The fourth-order valence-corrected chi connectivity index (χ4v) is 3.67. The van der Waals surface area contributed by atoms with Crippen molar-refractivity contribution in [2.75, 3.05) is 26.2 Å². The molecule has 0 bridgehead atoms. The van der Waals surface area contributed by atoms with Crippen molar-refractivity contribution in [3.63, 3.8) is 0 Å². The van der Waals surface area contributed by atoms with E-state index in [1.807, 2.05) is 31.3 Å². The predicted octanol–water partition coefficient (Wildman–Crippen LogP) is 3.01. The molecule has 1 N–H and O–H groups in total. The van der Waals surface area contributed by atoms with E-state index in [0.717, 1.165) is 67.3 Å². The average molecular weight is 365 g/mol. The number of rotatable bonds is 4. The van der Waals surface area contributed by atoms with Gasteiger partial charge in [0, 0.05) is 43.5 Å². The number of non-ortho nitro benzene ring substituents is 1. The smallest absolute Gasteiger partial charge is 0.270 e. The number of nitro groups is 1. The molecular formula is C20H23N5O2. The summed E-state index contributed by atoms with van der Waals surface area (Å²) in [5, 5.41) is 14.6. The molecule has 7 heteroatoms. The van der Waals surface area contributed by atoms with Gasteiger partial charge in [-0.25, -0.2) is 4.98 Å². The van der Waals surface area contributed by atoms with Gasteiger partial charge in [-0.2, -0.15) is 0 Å². The Balaban J connectivity index is 1.82. The molecule has 0 unspecified atom stereocenters. The number of nitrogens with zero attached hydrogens (tertiary/aromatic N) is 4. The maximum Gasteiger partial charge on any atom is 0.270 e. The number of hydrogen-bond acceptors (Lipinski definition) is 5. The lowest BCUT2D eigenvalue weighted by Gasteiger charge is -2.20. The maximum absolute atomic E-state index is 11.2. The minimum atomic E-state index is -0.356. The number of imidazole rings is 1. The summed E-state index contributed by atoms with van der Waals surface area (Å²) in [4.78, 5) is 18.2. The number of nitro benzene ring substituents is 1. The van der Waals surface area contributed by atoms with E-state index < -0.39 is 0 Å². The van der Waals surface area contributed by atoms with Gasteiger partial charge < -0.3 is 9.72 Å². The molecule has 0 radical (unpaired) electrons. The van der Waals surface area contributed by atoms with Crippen molar-refractivity contribution in [3.8, 4) is 11.3 Å². The highest BCUT2D eigenvalue weighted by molar-refractivity contribution is 5.69. The molecule has 140 valence electrons. The second-order valence-electron chi connectivity index (χ2n) is 6.98. The summed E-state index contributed by atoms with van der Waals surface area (Å²) in [6.45, 7) is 6.83. The summed E-state index contributed by atoms with van der Waals surface area (Å²) < 4.78 is 2.13. The van der Waals surface area contributed by atoms with E-state index in [1.54, 1.807) is 12.1 Å². The monoisotopic (exact) mass is 365 g/mol. The summed E-state index contributed by atoms with van der Waals surface area (Å²) in [6, 6.07) is 10.8. The molecule has 0 spiro atoms. The molecule has 0 amide bonds. The first-order valence-corrected chi connectivity index (χ1v) is 9.28. The van der Waals surface area contributed by atoms with E-state index in [9.17, 15) is 10.1 Å². The number of benzene rings is 1. The molecule has 1 aromatic carbocycles. The van der Waals surface area contributed by atoms with Gasteiger partial charge in [-0.3, -0.25) is 15.0 Å². The molecule has 0 atom stereocenters. The minimum Gasteiger partial charge on any atom is -0.315 e. The Bertz CT molecular complexity index is 974. The predicted molar refractivity (Wildman–Crippen MR) is 105 cm³/mol. The lowest BCUT2D eigenvalue weighted by molar-refractivity contribution is -0.384. The van der Waals surface area contributed by atoms with Crippen LogP contribution in [0.15, 0.2) is 42.6 Å².